The summed E-state index contributed by atoms with van der Waals surface area (Å²) < 4.78 is 0. The van der Waals surface area contributed by atoms with Crippen molar-refractivity contribution in [2.45, 2.75) is 18.9 Å². The predicted octanol–water partition coefficient (Wildman–Crippen LogP) is 4.74. The Morgan fingerprint density at radius 1 is 1.04 bits per heavy atom. The summed E-state index contributed by atoms with van der Waals surface area (Å²) in [7, 11) is 0. The summed E-state index contributed by atoms with van der Waals surface area (Å²) in [6, 6.07) is 15.1. The number of H-pyrrole nitrogens is 2. The third-order valence-corrected chi connectivity index (χ3v) is 5.21. The Balaban J connectivity index is 1.45. The number of nitrogens with one attached hydrogen (secondary N) is 3. The van der Waals surface area contributed by atoms with E-state index in [1.54, 1.807) is 6.20 Å². The van der Waals surface area contributed by atoms with Gasteiger partial charge in [-0.15, -0.1) is 0 Å². The number of hydrogen-bond acceptors (Lipinski definition) is 4. The lowest BCUT2D eigenvalue weighted by Gasteiger charge is -2.05. The smallest absolute Gasteiger partial charge is 0.223 e. The summed E-state index contributed by atoms with van der Waals surface area (Å²) >= 11 is 0. The molecule has 5 aromatic rings. The molecule has 136 valence electrons. The average Bonchev–Trinajstić information content (AvgIpc) is 3.28. The summed E-state index contributed by atoms with van der Waals surface area (Å²) in [4.78, 5) is 20.4. The number of fused-ring (bicyclic) bond motifs is 2. The molecule has 1 aliphatic rings. The molecular formula is C22H18N6. The Labute approximate surface area is 161 Å². The van der Waals surface area contributed by atoms with Gasteiger partial charge in [0.1, 0.15) is 5.65 Å². The number of hydrogen-bond donors (Lipinski definition) is 3. The molecule has 1 saturated carbocycles. The molecule has 1 aliphatic carbocycles. The van der Waals surface area contributed by atoms with Crippen LogP contribution in [0.15, 0.2) is 61.1 Å². The monoisotopic (exact) mass is 366 g/mol. The lowest BCUT2D eigenvalue weighted by Crippen LogP contribution is -2.05. The maximum atomic E-state index is 4.70. The van der Waals surface area contributed by atoms with Crippen molar-refractivity contribution in [1.82, 2.24) is 24.9 Å². The molecule has 0 aliphatic heterocycles. The van der Waals surface area contributed by atoms with Crippen LogP contribution in [-0.2, 0) is 0 Å². The van der Waals surface area contributed by atoms with E-state index in [0.717, 1.165) is 39.1 Å². The van der Waals surface area contributed by atoms with Gasteiger partial charge < -0.3 is 15.3 Å². The second kappa shape index (κ2) is 5.92. The number of aromatic amines is 2. The van der Waals surface area contributed by atoms with Gasteiger partial charge in [-0.1, -0.05) is 18.2 Å². The zero-order chi connectivity index (χ0) is 18.5. The average molecular weight is 366 g/mol. The fourth-order valence-electron chi connectivity index (χ4n) is 3.58. The molecule has 3 N–H and O–H groups in total. The van der Waals surface area contributed by atoms with Gasteiger partial charge in [-0.3, -0.25) is 0 Å². The maximum Gasteiger partial charge on any atom is 0.223 e. The van der Waals surface area contributed by atoms with Crippen molar-refractivity contribution in [3.8, 4) is 22.5 Å². The molecule has 4 heterocycles. The normalized spacial score (nSPS) is 14.0. The number of rotatable bonds is 4. The van der Waals surface area contributed by atoms with Gasteiger partial charge in [-0.25, -0.2) is 15.0 Å². The topological polar surface area (TPSA) is 82.3 Å². The van der Waals surface area contributed by atoms with E-state index in [4.69, 9.17) is 4.98 Å². The lowest BCUT2D eigenvalue weighted by molar-refractivity contribution is 1.06. The van der Waals surface area contributed by atoms with Gasteiger partial charge >= 0.3 is 0 Å². The SMILES string of the molecule is c1ccc2[nH]c(-c3cnc4[nH]cc(-c5ccnc(NC6CC6)n5)c4c3)cc2c1. The van der Waals surface area contributed by atoms with E-state index in [1.807, 2.05) is 30.6 Å². The van der Waals surface area contributed by atoms with E-state index < -0.39 is 0 Å². The van der Waals surface area contributed by atoms with E-state index >= 15 is 0 Å². The van der Waals surface area contributed by atoms with Gasteiger partial charge in [0.05, 0.1) is 5.69 Å². The first kappa shape index (κ1) is 15.4. The first-order valence-electron chi connectivity index (χ1n) is 9.49. The zero-order valence-electron chi connectivity index (χ0n) is 15.1. The van der Waals surface area contributed by atoms with E-state index in [-0.39, 0.29) is 0 Å². The summed E-state index contributed by atoms with van der Waals surface area (Å²) in [6.07, 6.45) is 8.06. The van der Waals surface area contributed by atoms with Crippen LogP contribution >= 0.6 is 0 Å². The minimum atomic E-state index is 0.522. The van der Waals surface area contributed by atoms with Crippen molar-refractivity contribution in [3.63, 3.8) is 0 Å². The fraction of sp³-hybridized carbons (Fsp3) is 0.136. The van der Waals surface area contributed by atoms with Crippen LogP contribution in [0, 0.1) is 0 Å². The molecule has 0 spiro atoms. The van der Waals surface area contributed by atoms with Crippen molar-refractivity contribution in [1.29, 1.82) is 0 Å². The van der Waals surface area contributed by atoms with Crippen LogP contribution in [-0.4, -0.2) is 31.0 Å². The van der Waals surface area contributed by atoms with Crippen LogP contribution in [0.5, 0.6) is 0 Å². The molecular weight excluding hydrogens is 348 g/mol. The van der Waals surface area contributed by atoms with Crippen molar-refractivity contribution in [3.05, 3.63) is 61.1 Å². The minimum Gasteiger partial charge on any atom is -0.354 e. The minimum absolute atomic E-state index is 0.522. The van der Waals surface area contributed by atoms with Crippen molar-refractivity contribution < 1.29 is 0 Å². The second-order valence-electron chi connectivity index (χ2n) is 7.28. The van der Waals surface area contributed by atoms with Crippen molar-refractivity contribution >= 4 is 27.9 Å². The first-order chi connectivity index (χ1) is 13.8. The Morgan fingerprint density at radius 3 is 2.86 bits per heavy atom. The quantitative estimate of drug-likeness (QED) is 0.429. The predicted molar refractivity (Wildman–Crippen MR) is 111 cm³/mol. The summed E-state index contributed by atoms with van der Waals surface area (Å²) in [5.41, 5.74) is 6.00. The highest BCUT2D eigenvalue weighted by molar-refractivity contribution is 5.95. The molecule has 0 unspecified atom stereocenters. The van der Waals surface area contributed by atoms with E-state index in [0.29, 0.717) is 12.0 Å². The molecule has 6 heteroatoms. The third-order valence-electron chi connectivity index (χ3n) is 5.21. The Bertz CT molecular complexity index is 1280. The van der Waals surface area contributed by atoms with E-state index in [1.165, 1.54) is 18.2 Å². The molecule has 1 aromatic carbocycles. The Kier molecular flexibility index (Phi) is 3.25. The highest BCUT2D eigenvalue weighted by atomic mass is 15.1. The molecule has 0 saturated heterocycles. The van der Waals surface area contributed by atoms with Crippen molar-refractivity contribution in [2.75, 3.05) is 5.32 Å². The van der Waals surface area contributed by atoms with Crippen LogP contribution in [0.4, 0.5) is 5.95 Å². The van der Waals surface area contributed by atoms with Gasteiger partial charge in [-0.05, 0) is 37.1 Å². The summed E-state index contributed by atoms with van der Waals surface area (Å²) in [5.74, 6) is 0.689. The lowest BCUT2D eigenvalue weighted by atomic mass is 10.1. The van der Waals surface area contributed by atoms with Gasteiger partial charge in [0.25, 0.3) is 0 Å². The number of aromatic nitrogens is 5. The molecule has 0 amide bonds. The number of anilines is 1. The third kappa shape index (κ3) is 2.62. The molecule has 1 fully saturated rings. The largest absolute Gasteiger partial charge is 0.354 e. The maximum absolute atomic E-state index is 4.70. The highest BCUT2D eigenvalue weighted by Gasteiger charge is 2.22. The van der Waals surface area contributed by atoms with Gasteiger partial charge in [0, 0.05) is 57.7 Å². The van der Waals surface area contributed by atoms with E-state index in [9.17, 15) is 0 Å². The summed E-state index contributed by atoms with van der Waals surface area (Å²) in [5, 5.41) is 5.61. The van der Waals surface area contributed by atoms with Crippen LogP contribution < -0.4 is 5.32 Å². The Hall–Kier alpha value is -3.67. The van der Waals surface area contributed by atoms with Crippen molar-refractivity contribution in [2.24, 2.45) is 0 Å². The molecule has 28 heavy (non-hydrogen) atoms. The van der Waals surface area contributed by atoms with Gasteiger partial charge in [-0.2, -0.15) is 0 Å². The second-order valence-corrected chi connectivity index (χ2v) is 7.28. The standard InChI is InChI=1S/C22H18N6/c1-2-4-18-13(3-1)10-20(27-18)14-9-16-17(12-25-21(16)24-11-14)19-7-8-23-22(28-19)26-15-5-6-15/h1-4,7-12,15,27H,5-6H2,(H,24,25)(H,23,26,28). The highest BCUT2D eigenvalue weighted by Crippen LogP contribution is 2.31. The molecule has 6 nitrogen and oxygen atoms in total. The van der Waals surface area contributed by atoms with E-state index in [2.05, 4.69) is 49.5 Å². The van der Waals surface area contributed by atoms with Crippen LogP contribution in [0.25, 0.3) is 44.5 Å². The molecule has 6 rings (SSSR count). The molecule has 0 radical (unpaired) electrons. The Morgan fingerprint density at radius 2 is 1.96 bits per heavy atom. The number of para-hydroxylation sites is 1. The summed E-state index contributed by atoms with van der Waals surface area (Å²) in [6.45, 7) is 0. The van der Waals surface area contributed by atoms with Gasteiger partial charge in [0.15, 0.2) is 0 Å². The van der Waals surface area contributed by atoms with Crippen LogP contribution in [0.2, 0.25) is 0 Å². The van der Waals surface area contributed by atoms with Gasteiger partial charge in [0.2, 0.25) is 5.95 Å². The van der Waals surface area contributed by atoms with Crippen LogP contribution in [0.1, 0.15) is 12.8 Å². The number of pyridine rings is 1. The van der Waals surface area contributed by atoms with Crippen LogP contribution in [0.3, 0.4) is 0 Å². The zero-order valence-corrected chi connectivity index (χ0v) is 15.1. The molecule has 0 bridgehead atoms. The number of benzene rings is 1. The fourth-order valence-corrected chi connectivity index (χ4v) is 3.58. The first-order valence-corrected chi connectivity index (χ1v) is 9.49. The molecule has 4 aromatic heterocycles. The molecule has 0 atom stereocenters. The number of nitrogens with zero attached hydrogens (tertiary/aromatic N) is 3.